The SMILES string of the molecule is CCCCC(CC)C(Cl)c1cc(C)c(Br)s1. The van der Waals surface area contributed by atoms with E-state index >= 15 is 0 Å². The molecule has 0 aliphatic rings. The number of rotatable bonds is 6. The van der Waals surface area contributed by atoms with E-state index in [2.05, 4.69) is 42.8 Å². The van der Waals surface area contributed by atoms with Crippen molar-refractivity contribution in [2.75, 3.05) is 0 Å². The van der Waals surface area contributed by atoms with E-state index in [9.17, 15) is 0 Å². The average molecular weight is 324 g/mol. The molecule has 16 heavy (non-hydrogen) atoms. The molecule has 0 aliphatic carbocycles. The van der Waals surface area contributed by atoms with E-state index in [0.717, 1.165) is 0 Å². The molecule has 0 nitrogen and oxygen atoms in total. The molecule has 1 aromatic heterocycles. The van der Waals surface area contributed by atoms with E-state index in [1.165, 1.54) is 39.9 Å². The summed E-state index contributed by atoms with van der Waals surface area (Å²) >= 11 is 11.9. The van der Waals surface area contributed by atoms with Crippen LogP contribution in [0.2, 0.25) is 0 Å². The third kappa shape index (κ3) is 3.75. The van der Waals surface area contributed by atoms with Gasteiger partial charge in [0.05, 0.1) is 9.16 Å². The Kier molecular flexibility index (Phi) is 6.38. The maximum absolute atomic E-state index is 6.58. The second kappa shape index (κ2) is 7.03. The number of hydrogen-bond acceptors (Lipinski definition) is 1. The molecule has 0 saturated carbocycles. The highest BCUT2D eigenvalue weighted by atomic mass is 79.9. The van der Waals surface area contributed by atoms with Gasteiger partial charge >= 0.3 is 0 Å². The summed E-state index contributed by atoms with van der Waals surface area (Å²) in [7, 11) is 0. The molecule has 0 amide bonds. The molecule has 1 heterocycles. The number of thiophene rings is 1. The number of unbranched alkanes of at least 4 members (excludes halogenated alkanes) is 1. The van der Waals surface area contributed by atoms with Crippen molar-refractivity contribution < 1.29 is 0 Å². The molecule has 2 atom stereocenters. The molecule has 0 N–H and O–H groups in total. The van der Waals surface area contributed by atoms with Crippen LogP contribution in [0.3, 0.4) is 0 Å². The molecule has 1 rings (SSSR count). The third-order valence-electron chi connectivity index (χ3n) is 3.01. The molecule has 0 radical (unpaired) electrons. The fraction of sp³-hybridized carbons (Fsp3) is 0.692. The highest BCUT2D eigenvalue weighted by Gasteiger charge is 2.21. The van der Waals surface area contributed by atoms with Gasteiger partial charge in [0.1, 0.15) is 0 Å². The molecule has 0 bridgehead atoms. The van der Waals surface area contributed by atoms with E-state index in [0.29, 0.717) is 5.92 Å². The number of halogens is 2. The molecule has 0 saturated heterocycles. The van der Waals surface area contributed by atoms with Gasteiger partial charge in [-0.05, 0) is 46.8 Å². The summed E-state index contributed by atoms with van der Waals surface area (Å²) in [5.41, 5.74) is 1.30. The Balaban J connectivity index is 2.70. The van der Waals surface area contributed by atoms with Gasteiger partial charge in [0.15, 0.2) is 0 Å². The second-order valence-corrected chi connectivity index (χ2v) is 7.19. The van der Waals surface area contributed by atoms with Gasteiger partial charge in [-0.2, -0.15) is 0 Å². The van der Waals surface area contributed by atoms with Gasteiger partial charge in [-0.3, -0.25) is 0 Å². The second-order valence-electron chi connectivity index (χ2n) is 4.32. The number of alkyl halides is 1. The lowest BCUT2D eigenvalue weighted by atomic mass is 9.94. The lowest BCUT2D eigenvalue weighted by Crippen LogP contribution is -2.05. The van der Waals surface area contributed by atoms with Gasteiger partial charge in [0, 0.05) is 4.88 Å². The summed E-state index contributed by atoms with van der Waals surface area (Å²) < 4.78 is 1.22. The summed E-state index contributed by atoms with van der Waals surface area (Å²) in [5.74, 6) is 0.617. The molecular weight excluding hydrogens is 304 g/mol. The Labute approximate surface area is 117 Å². The van der Waals surface area contributed by atoms with E-state index in [1.807, 2.05) is 0 Å². The maximum atomic E-state index is 6.58. The fourth-order valence-corrected chi connectivity index (χ4v) is 4.02. The first-order valence-corrected chi connectivity index (χ1v) is 8.04. The Hall–Kier alpha value is 0.470. The summed E-state index contributed by atoms with van der Waals surface area (Å²) in [6, 6.07) is 2.22. The molecule has 0 aliphatic heterocycles. The first kappa shape index (κ1) is 14.5. The van der Waals surface area contributed by atoms with Crippen molar-refractivity contribution in [3.63, 3.8) is 0 Å². The summed E-state index contributed by atoms with van der Waals surface area (Å²) in [6.07, 6.45) is 4.96. The van der Waals surface area contributed by atoms with Gasteiger partial charge in [0.25, 0.3) is 0 Å². The monoisotopic (exact) mass is 322 g/mol. The van der Waals surface area contributed by atoms with E-state index < -0.39 is 0 Å². The predicted octanol–water partition coefficient (Wildman–Crippen LogP) is 6.32. The minimum absolute atomic E-state index is 0.187. The van der Waals surface area contributed by atoms with Crippen molar-refractivity contribution in [3.05, 3.63) is 20.3 Å². The van der Waals surface area contributed by atoms with Crippen LogP contribution in [0, 0.1) is 12.8 Å². The third-order valence-corrected chi connectivity index (χ3v) is 5.96. The molecule has 0 fully saturated rings. The Morgan fingerprint density at radius 2 is 2.12 bits per heavy atom. The quantitative estimate of drug-likeness (QED) is 0.538. The van der Waals surface area contributed by atoms with Crippen molar-refractivity contribution in [2.45, 2.75) is 51.8 Å². The fourth-order valence-electron chi connectivity index (χ4n) is 1.88. The van der Waals surface area contributed by atoms with Gasteiger partial charge in [0.2, 0.25) is 0 Å². The molecule has 0 aromatic carbocycles. The minimum Gasteiger partial charge on any atom is -0.131 e. The van der Waals surface area contributed by atoms with Gasteiger partial charge in [-0.15, -0.1) is 22.9 Å². The highest BCUT2D eigenvalue weighted by molar-refractivity contribution is 9.11. The Bertz CT molecular complexity index is 302. The van der Waals surface area contributed by atoms with Crippen LogP contribution in [0.1, 0.15) is 55.3 Å². The number of hydrogen-bond donors (Lipinski definition) is 0. The standard InChI is InChI=1S/C13H20BrClS/c1-4-6-7-10(5-2)12(15)11-8-9(3)13(14)16-11/h8,10,12H,4-7H2,1-3H3. The smallest absolute Gasteiger partial charge is 0.0731 e. The molecule has 92 valence electrons. The van der Waals surface area contributed by atoms with Crippen molar-refractivity contribution in [1.29, 1.82) is 0 Å². The van der Waals surface area contributed by atoms with Crippen molar-refractivity contribution in [2.24, 2.45) is 5.92 Å². The van der Waals surface area contributed by atoms with Crippen molar-refractivity contribution in [3.8, 4) is 0 Å². The molecule has 1 aromatic rings. The van der Waals surface area contributed by atoms with E-state index in [1.54, 1.807) is 11.3 Å². The zero-order valence-electron chi connectivity index (χ0n) is 10.2. The van der Waals surface area contributed by atoms with E-state index in [4.69, 9.17) is 11.6 Å². The molecule has 0 spiro atoms. The van der Waals surface area contributed by atoms with Crippen LogP contribution >= 0.6 is 38.9 Å². The summed E-state index contributed by atoms with van der Waals surface area (Å²) in [5, 5.41) is 0.187. The van der Waals surface area contributed by atoms with Crippen LogP contribution < -0.4 is 0 Å². The van der Waals surface area contributed by atoms with Gasteiger partial charge in [-0.25, -0.2) is 0 Å². The van der Waals surface area contributed by atoms with Crippen LogP contribution in [0.5, 0.6) is 0 Å². The molecule has 2 unspecified atom stereocenters. The Morgan fingerprint density at radius 1 is 1.44 bits per heavy atom. The van der Waals surface area contributed by atoms with Crippen LogP contribution in [-0.2, 0) is 0 Å². The zero-order valence-corrected chi connectivity index (χ0v) is 13.4. The topological polar surface area (TPSA) is 0 Å². The lowest BCUT2D eigenvalue weighted by Gasteiger charge is -2.19. The average Bonchev–Trinajstić information content (AvgIpc) is 2.60. The van der Waals surface area contributed by atoms with Crippen molar-refractivity contribution >= 4 is 38.9 Å². The van der Waals surface area contributed by atoms with Crippen LogP contribution in [0.25, 0.3) is 0 Å². The normalized spacial score (nSPS) is 15.1. The van der Waals surface area contributed by atoms with Crippen molar-refractivity contribution in [1.82, 2.24) is 0 Å². The van der Waals surface area contributed by atoms with Gasteiger partial charge in [-0.1, -0.05) is 33.1 Å². The van der Waals surface area contributed by atoms with Crippen LogP contribution in [0.15, 0.2) is 9.85 Å². The Morgan fingerprint density at radius 3 is 2.56 bits per heavy atom. The van der Waals surface area contributed by atoms with Crippen LogP contribution in [0.4, 0.5) is 0 Å². The number of aryl methyl sites for hydroxylation is 1. The van der Waals surface area contributed by atoms with E-state index in [-0.39, 0.29) is 5.38 Å². The first-order chi connectivity index (χ1) is 7.60. The molecular formula is C13H20BrClS. The summed E-state index contributed by atoms with van der Waals surface area (Å²) in [6.45, 7) is 6.60. The highest BCUT2D eigenvalue weighted by Crippen LogP contribution is 2.40. The lowest BCUT2D eigenvalue weighted by molar-refractivity contribution is 0.440. The minimum atomic E-state index is 0.187. The van der Waals surface area contributed by atoms with Gasteiger partial charge < -0.3 is 0 Å². The predicted molar refractivity (Wildman–Crippen MR) is 78.7 cm³/mol. The maximum Gasteiger partial charge on any atom is 0.0731 e. The molecule has 3 heteroatoms. The summed E-state index contributed by atoms with van der Waals surface area (Å²) in [4.78, 5) is 1.31. The van der Waals surface area contributed by atoms with Crippen LogP contribution in [-0.4, -0.2) is 0 Å². The largest absolute Gasteiger partial charge is 0.131 e. The first-order valence-electron chi connectivity index (χ1n) is 6.00. The zero-order chi connectivity index (χ0) is 12.1.